The number of amides is 1. The lowest BCUT2D eigenvalue weighted by atomic mass is 9.92. The number of carbonyl (C=O) groups is 2. The van der Waals surface area contributed by atoms with E-state index in [2.05, 4.69) is 5.32 Å². The molecule has 0 radical (unpaired) electrons. The van der Waals surface area contributed by atoms with E-state index in [1.54, 1.807) is 20.9 Å². The van der Waals surface area contributed by atoms with Crippen molar-refractivity contribution in [3.05, 3.63) is 34.2 Å². The first-order valence-corrected chi connectivity index (χ1v) is 6.09. The number of nitrogens with zero attached hydrogens (tertiary/aromatic N) is 1. The molecule has 1 aromatic heterocycles. The van der Waals surface area contributed by atoms with Crippen molar-refractivity contribution in [2.75, 3.05) is 0 Å². The molecule has 0 unspecified atom stereocenters. The summed E-state index contributed by atoms with van der Waals surface area (Å²) in [4.78, 5) is 34.8. The van der Waals surface area contributed by atoms with Gasteiger partial charge in [-0.2, -0.15) is 0 Å². The smallest absolute Gasteiger partial charge is 0.329 e. The first-order valence-electron chi connectivity index (χ1n) is 6.09. The summed E-state index contributed by atoms with van der Waals surface area (Å²) in [5.74, 6) is -1.63. The van der Waals surface area contributed by atoms with Crippen molar-refractivity contribution in [3.8, 4) is 0 Å². The zero-order valence-electron chi connectivity index (χ0n) is 11.3. The van der Waals surface area contributed by atoms with Crippen molar-refractivity contribution in [2.45, 2.75) is 32.2 Å². The second-order valence-corrected chi connectivity index (χ2v) is 4.41. The second-order valence-electron chi connectivity index (χ2n) is 4.41. The van der Waals surface area contributed by atoms with Crippen molar-refractivity contribution in [2.24, 2.45) is 7.05 Å². The third-order valence-electron chi connectivity index (χ3n) is 3.34. The molecule has 6 heteroatoms. The molecule has 0 fully saturated rings. The average Bonchev–Trinajstić information content (AvgIpc) is 2.38. The number of nitrogens with one attached hydrogen (secondary N) is 1. The summed E-state index contributed by atoms with van der Waals surface area (Å²) in [6, 6.07) is 2.67. The third kappa shape index (κ3) is 3.01. The van der Waals surface area contributed by atoms with E-state index in [1.165, 1.54) is 22.9 Å². The van der Waals surface area contributed by atoms with Crippen LogP contribution in [0.1, 0.15) is 37.0 Å². The fraction of sp³-hybridized carbons (Fsp3) is 0.462. The van der Waals surface area contributed by atoms with Gasteiger partial charge < -0.3 is 15.0 Å². The van der Waals surface area contributed by atoms with Gasteiger partial charge in [0.05, 0.1) is 0 Å². The molecule has 0 saturated heterocycles. The number of carbonyl (C=O) groups excluding carboxylic acids is 1. The summed E-state index contributed by atoms with van der Waals surface area (Å²) in [5, 5.41) is 11.7. The van der Waals surface area contributed by atoms with Gasteiger partial charge in [0.1, 0.15) is 5.54 Å². The second kappa shape index (κ2) is 5.69. The number of pyridine rings is 1. The largest absolute Gasteiger partial charge is 0.480 e. The van der Waals surface area contributed by atoms with Gasteiger partial charge in [-0.25, -0.2) is 4.79 Å². The predicted molar refractivity (Wildman–Crippen MR) is 70.1 cm³/mol. The molecule has 0 bridgehead atoms. The van der Waals surface area contributed by atoms with Crippen LogP contribution in [0.4, 0.5) is 0 Å². The van der Waals surface area contributed by atoms with Gasteiger partial charge >= 0.3 is 5.97 Å². The molecular formula is C13H18N2O4. The molecule has 0 aliphatic rings. The Bertz CT molecular complexity index is 544. The molecule has 1 aromatic rings. The first-order chi connectivity index (χ1) is 8.86. The molecule has 6 nitrogen and oxygen atoms in total. The SMILES string of the molecule is CCC(CC)(NC(=O)c1ccn(C)c(=O)c1)C(=O)O. The summed E-state index contributed by atoms with van der Waals surface area (Å²) in [6.07, 6.45) is 2.02. The Kier molecular flexibility index (Phi) is 4.47. The Morgan fingerprint density at radius 3 is 2.37 bits per heavy atom. The van der Waals surface area contributed by atoms with Gasteiger partial charge in [-0.05, 0) is 18.9 Å². The molecule has 19 heavy (non-hydrogen) atoms. The van der Waals surface area contributed by atoms with Crippen LogP contribution in [-0.2, 0) is 11.8 Å². The van der Waals surface area contributed by atoms with E-state index in [4.69, 9.17) is 0 Å². The molecular weight excluding hydrogens is 248 g/mol. The highest BCUT2D eigenvalue weighted by Gasteiger charge is 2.36. The molecule has 2 N–H and O–H groups in total. The van der Waals surface area contributed by atoms with Crippen LogP contribution in [0, 0.1) is 0 Å². The number of carboxylic acids is 1. The molecule has 0 aliphatic heterocycles. The van der Waals surface area contributed by atoms with Crippen molar-refractivity contribution in [1.82, 2.24) is 9.88 Å². The first kappa shape index (κ1) is 14.9. The quantitative estimate of drug-likeness (QED) is 0.823. The summed E-state index contributed by atoms with van der Waals surface area (Å²) < 4.78 is 1.33. The predicted octanol–water partition coefficient (Wildman–Crippen LogP) is 0.758. The number of hydrogen-bond donors (Lipinski definition) is 2. The topological polar surface area (TPSA) is 88.4 Å². The van der Waals surface area contributed by atoms with Crippen LogP contribution in [0.2, 0.25) is 0 Å². The fourth-order valence-corrected chi connectivity index (χ4v) is 1.76. The Hall–Kier alpha value is -2.11. The third-order valence-corrected chi connectivity index (χ3v) is 3.34. The number of aliphatic carboxylic acids is 1. The van der Waals surface area contributed by atoms with Gasteiger partial charge in [-0.1, -0.05) is 13.8 Å². The highest BCUT2D eigenvalue weighted by Crippen LogP contribution is 2.16. The van der Waals surface area contributed by atoms with Gasteiger partial charge in [-0.3, -0.25) is 9.59 Å². The molecule has 0 atom stereocenters. The van der Waals surface area contributed by atoms with Crippen LogP contribution >= 0.6 is 0 Å². The Morgan fingerprint density at radius 2 is 1.95 bits per heavy atom. The van der Waals surface area contributed by atoms with Crippen LogP contribution in [0.15, 0.2) is 23.1 Å². The zero-order chi connectivity index (χ0) is 14.6. The van der Waals surface area contributed by atoms with E-state index in [1.807, 2.05) is 0 Å². The summed E-state index contributed by atoms with van der Waals surface area (Å²) in [7, 11) is 1.57. The lowest BCUT2D eigenvalue weighted by Crippen LogP contribution is -2.53. The molecule has 1 rings (SSSR count). The number of aryl methyl sites for hydroxylation is 1. The maximum absolute atomic E-state index is 12.0. The van der Waals surface area contributed by atoms with Gasteiger partial charge in [0.15, 0.2) is 0 Å². The summed E-state index contributed by atoms with van der Waals surface area (Å²) >= 11 is 0. The number of hydrogen-bond acceptors (Lipinski definition) is 3. The Balaban J connectivity index is 3.04. The van der Waals surface area contributed by atoms with Gasteiger partial charge in [0.25, 0.3) is 11.5 Å². The highest BCUT2D eigenvalue weighted by atomic mass is 16.4. The monoisotopic (exact) mass is 266 g/mol. The minimum absolute atomic E-state index is 0.163. The van der Waals surface area contributed by atoms with E-state index in [-0.39, 0.29) is 24.0 Å². The zero-order valence-corrected chi connectivity index (χ0v) is 11.3. The maximum atomic E-state index is 12.0. The normalized spacial score (nSPS) is 11.1. The van der Waals surface area contributed by atoms with Crippen LogP contribution in [0.3, 0.4) is 0 Å². The van der Waals surface area contributed by atoms with Crippen molar-refractivity contribution in [3.63, 3.8) is 0 Å². The van der Waals surface area contributed by atoms with Crippen LogP contribution in [0.25, 0.3) is 0 Å². The summed E-state index contributed by atoms with van der Waals surface area (Å²) in [6.45, 7) is 3.39. The molecule has 1 amide bonds. The lowest BCUT2D eigenvalue weighted by molar-refractivity contribution is -0.144. The fourth-order valence-electron chi connectivity index (χ4n) is 1.76. The van der Waals surface area contributed by atoms with Crippen molar-refractivity contribution in [1.29, 1.82) is 0 Å². The van der Waals surface area contributed by atoms with E-state index in [9.17, 15) is 19.5 Å². The number of carboxylic acid groups (broad SMARTS) is 1. The van der Waals surface area contributed by atoms with Crippen LogP contribution in [-0.4, -0.2) is 27.1 Å². The van der Waals surface area contributed by atoms with Gasteiger partial charge in [-0.15, -0.1) is 0 Å². The molecule has 104 valence electrons. The molecule has 0 spiro atoms. The molecule has 0 saturated carbocycles. The van der Waals surface area contributed by atoms with Crippen LogP contribution < -0.4 is 10.9 Å². The molecule has 0 aliphatic carbocycles. The van der Waals surface area contributed by atoms with Crippen molar-refractivity contribution >= 4 is 11.9 Å². The Morgan fingerprint density at radius 1 is 1.37 bits per heavy atom. The van der Waals surface area contributed by atoms with Crippen LogP contribution in [0.5, 0.6) is 0 Å². The standard InChI is InChI=1S/C13H18N2O4/c1-4-13(5-2,12(18)19)14-11(17)9-6-7-15(3)10(16)8-9/h6-8H,4-5H2,1-3H3,(H,14,17)(H,18,19). The van der Waals surface area contributed by atoms with Gasteiger partial charge in [0.2, 0.25) is 0 Å². The van der Waals surface area contributed by atoms with E-state index in [0.717, 1.165) is 0 Å². The maximum Gasteiger partial charge on any atom is 0.329 e. The van der Waals surface area contributed by atoms with Gasteiger partial charge in [0, 0.05) is 24.9 Å². The van der Waals surface area contributed by atoms with Crippen molar-refractivity contribution < 1.29 is 14.7 Å². The molecule has 1 heterocycles. The minimum Gasteiger partial charge on any atom is -0.480 e. The van der Waals surface area contributed by atoms with E-state index >= 15 is 0 Å². The minimum atomic E-state index is -1.29. The Labute approximate surface area is 111 Å². The molecule has 0 aromatic carbocycles. The summed E-state index contributed by atoms with van der Waals surface area (Å²) in [5.41, 5.74) is -1.45. The lowest BCUT2D eigenvalue weighted by Gasteiger charge is -2.28. The number of rotatable bonds is 5. The number of aromatic nitrogens is 1. The average molecular weight is 266 g/mol. The highest BCUT2D eigenvalue weighted by molar-refractivity contribution is 5.97. The van der Waals surface area contributed by atoms with E-state index in [0.29, 0.717) is 0 Å². The van der Waals surface area contributed by atoms with E-state index < -0.39 is 17.4 Å².